The fourth-order valence-corrected chi connectivity index (χ4v) is 2.01. The predicted octanol–water partition coefficient (Wildman–Crippen LogP) is -1.36. The van der Waals surface area contributed by atoms with Gasteiger partial charge in [0, 0.05) is 0 Å². The standard InChI is InChI=1S/C10H16N4O4/c1-2-3-5-6(15)7(16)8(18-5)14-4-12-9(11)13-10(14)17/h4-8,15-16H,2-3H2,1H3,(H2,11,13,17)/t5-,6-,7-,8?/m1/s1. The highest BCUT2D eigenvalue weighted by Crippen LogP contribution is 2.30. The maximum atomic E-state index is 11.6. The predicted molar refractivity (Wildman–Crippen MR) is 61.5 cm³/mol. The minimum absolute atomic E-state index is 0.144. The number of rotatable bonds is 3. The van der Waals surface area contributed by atoms with Crippen molar-refractivity contribution in [1.82, 2.24) is 14.5 Å². The van der Waals surface area contributed by atoms with Crippen LogP contribution in [0.3, 0.4) is 0 Å². The molecule has 1 unspecified atom stereocenters. The van der Waals surface area contributed by atoms with Crippen molar-refractivity contribution < 1.29 is 14.9 Å². The highest BCUT2D eigenvalue weighted by molar-refractivity contribution is 5.10. The lowest BCUT2D eigenvalue weighted by Gasteiger charge is -2.16. The number of nitrogen functional groups attached to an aromatic ring is 1. The Morgan fingerprint density at radius 1 is 1.50 bits per heavy atom. The van der Waals surface area contributed by atoms with Crippen LogP contribution in [0.25, 0.3) is 0 Å². The van der Waals surface area contributed by atoms with Crippen molar-refractivity contribution in [2.24, 2.45) is 0 Å². The van der Waals surface area contributed by atoms with Crippen molar-refractivity contribution >= 4 is 5.95 Å². The summed E-state index contributed by atoms with van der Waals surface area (Å²) in [6.07, 6.45) is -1.15. The van der Waals surface area contributed by atoms with Crippen LogP contribution in [0.15, 0.2) is 11.1 Å². The van der Waals surface area contributed by atoms with E-state index in [2.05, 4.69) is 9.97 Å². The van der Waals surface area contributed by atoms with Crippen molar-refractivity contribution in [2.75, 3.05) is 5.73 Å². The zero-order valence-electron chi connectivity index (χ0n) is 9.93. The Kier molecular flexibility index (Phi) is 3.60. The van der Waals surface area contributed by atoms with Crippen molar-refractivity contribution in [3.8, 4) is 0 Å². The molecule has 4 atom stereocenters. The van der Waals surface area contributed by atoms with Crippen molar-refractivity contribution in [1.29, 1.82) is 0 Å². The number of nitrogens with two attached hydrogens (primary N) is 1. The van der Waals surface area contributed by atoms with Gasteiger partial charge in [0.15, 0.2) is 6.23 Å². The first-order valence-corrected chi connectivity index (χ1v) is 5.76. The zero-order chi connectivity index (χ0) is 13.3. The van der Waals surface area contributed by atoms with Crippen LogP contribution < -0.4 is 11.4 Å². The minimum Gasteiger partial charge on any atom is -0.388 e. The molecular weight excluding hydrogens is 240 g/mol. The molecule has 2 rings (SSSR count). The van der Waals surface area contributed by atoms with Gasteiger partial charge in [0.1, 0.15) is 18.5 Å². The maximum absolute atomic E-state index is 11.6. The van der Waals surface area contributed by atoms with E-state index in [-0.39, 0.29) is 5.95 Å². The molecule has 0 spiro atoms. The van der Waals surface area contributed by atoms with Gasteiger partial charge in [-0.25, -0.2) is 9.78 Å². The lowest BCUT2D eigenvalue weighted by atomic mass is 10.1. The molecule has 8 nitrogen and oxygen atoms in total. The number of aromatic nitrogens is 3. The molecule has 1 aliphatic rings. The maximum Gasteiger partial charge on any atom is 0.354 e. The Hall–Kier alpha value is -1.51. The molecule has 100 valence electrons. The number of aliphatic hydroxyl groups is 2. The average molecular weight is 256 g/mol. The third kappa shape index (κ3) is 2.22. The van der Waals surface area contributed by atoms with E-state index in [0.29, 0.717) is 6.42 Å². The molecule has 0 radical (unpaired) electrons. The topological polar surface area (TPSA) is 123 Å². The van der Waals surface area contributed by atoms with Crippen LogP contribution in [0.4, 0.5) is 5.95 Å². The first kappa shape index (κ1) is 12.9. The highest BCUT2D eigenvalue weighted by Gasteiger charge is 2.43. The molecule has 0 saturated carbocycles. The SMILES string of the molecule is CCC[C@H]1OC(n2cnc(N)nc2=O)[C@H](O)[C@@H]1O. The molecule has 1 saturated heterocycles. The van der Waals surface area contributed by atoms with Gasteiger partial charge in [0.2, 0.25) is 5.95 Å². The van der Waals surface area contributed by atoms with Crippen LogP contribution >= 0.6 is 0 Å². The summed E-state index contributed by atoms with van der Waals surface area (Å²) in [7, 11) is 0. The van der Waals surface area contributed by atoms with Crippen LogP contribution in [0.1, 0.15) is 26.0 Å². The van der Waals surface area contributed by atoms with E-state index in [1.807, 2.05) is 6.92 Å². The summed E-state index contributed by atoms with van der Waals surface area (Å²) < 4.78 is 6.50. The Bertz CT molecular complexity index is 477. The second-order valence-corrected chi connectivity index (χ2v) is 4.24. The van der Waals surface area contributed by atoms with E-state index in [9.17, 15) is 15.0 Å². The molecule has 1 fully saturated rings. The van der Waals surface area contributed by atoms with Gasteiger partial charge in [-0.15, -0.1) is 0 Å². The van der Waals surface area contributed by atoms with Gasteiger partial charge in [-0.3, -0.25) is 4.57 Å². The van der Waals surface area contributed by atoms with Crippen molar-refractivity contribution in [3.05, 3.63) is 16.8 Å². The number of hydrogen-bond donors (Lipinski definition) is 3. The van der Waals surface area contributed by atoms with Crippen LogP contribution in [0.2, 0.25) is 0 Å². The summed E-state index contributed by atoms with van der Waals surface area (Å²) in [4.78, 5) is 18.7. The third-order valence-corrected chi connectivity index (χ3v) is 2.93. The quantitative estimate of drug-likeness (QED) is 0.610. The molecule has 1 aromatic rings. The monoisotopic (exact) mass is 256 g/mol. The summed E-state index contributed by atoms with van der Waals surface area (Å²) in [5.74, 6) is -0.144. The highest BCUT2D eigenvalue weighted by atomic mass is 16.6. The van der Waals surface area contributed by atoms with E-state index in [0.717, 1.165) is 17.3 Å². The molecule has 8 heteroatoms. The summed E-state index contributed by atoms with van der Waals surface area (Å²) in [6, 6.07) is 0. The summed E-state index contributed by atoms with van der Waals surface area (Å²) in [6.45, 7) is 1.94. The van der Waals surface area contributed by atoms with E-state index >= 15 is 0 Å². The zero-order valence-corrected chi connectivity index (χ0v) is 9.93. The fourth-order valence-electron chi connectivity index (χ4n) is 2.01. The summed E-state index contributed by atoms with van der Waals surface area (Å²) >= 11 is 0. The van der Waals surface area contributed by atoms with Crippen molar-refractivity contribution in [3.63, 3.8) is 0 Å². The molecular formula is C10H16N4O4. The molecule has 1 aliphatic heterocycles. The second kappa shape index (κ2) is 5.01. The van der Waals surface area contributed by atoms with E-state index in [1.165, 1.54) is 0 Å². The van der Waals surface area contributed by atoms with Gasteiger partial charge < -0.3 is 20.7 Å². The van der Waals surface area contributed by atoms with Crippen LogP contribution in [0, 0.1) is 0 Å². The van der Waals surface area contributed by atoms with Gasteiger partial charge in [-0.2, -0.15) is 4.98 Å². The van der Waals surface area contributed by atoms with Crippen molar-refractivity contribution in [2.45, 2.75) is 44.3 Å². The average Bonchev–Trinajstić information content (AvgIpc) is 2.58. The van der Waals surface area contributed by atoms with E-state index < -0.39 is 30.2 Å². The Morgan fingerprint density at radius 3 is 2.83 bits per heavy atom. The molecule has 1 aromatic heterocycles. The first-order valence-electron chi connectivity index (χ1n) is 5.76. The van der Waals surface area contributed by atoms with Gasteiger partial charge >= 0.3 is 5.69 Å². The molecule has 0 aromatic carbocycles. The molecule has 4 N–H and O–H groups in total. The lowest BCUT2D eigenvalue weighted by Crippen LogP contribution is -2.36. The Morgan fingerprint density at radius 2 is 2.22 bits per heavy atom. The molecule has 2 heterocycles. The molecule has 18 heavy (non-hydrogen) atoms. The van der Waals surface area contributed by atoms with Crippen LogP contribution in [0.5, 0.6) is 0 Å². The number of aliphatic hydroxyl groups excluding tert-OH is 2. The van der Waals surface area contributed by atoms with Crippen LogP contribution in [-0.4, -0.2) is 43.1 Å². The number of ether oxygens (including phenoxy) is 1. The van der Waals surface area contributed by atoms with Crippen LogP contribution in [-0.2, 0) is 4.74 Å². The smallest absolute Gasteiger partial charge is 0.354 e. The number of hydrogen-bond acceptors (Lipinski definition) is 7. The summed E-state index contributed by atoms with van der Waals surface area (Å²) in [5.41, 5.74) is 4.60. The van der Waals surface area contributed by atoms with Gasteiger partial charge in [0.25, 0.3) is 0 Å². The lowest BCUT2D eigenvalue weighted by molar-refractivity contribution is -0.0423. The molecule has 0 amide bonds. The number of nitrogens with zero attached hydrogens (tertiary/aromatic N) is 3. The third-order valence-electron chi connectivity index (χ3n) is 2.93. The normalized spacial score (nSPS) is 31.7. The van der Waals surface area contributed by atoms with E-state index in [4.69, 9.17) is 10.5 Å². The summed E-state index contributed by atoms with van der Waals surface area (Å²) in [5, 5.41) is 19.7. The molecule has 0 aliphatic carbocycles. The fraction of sp³-hybridized carbons (Fsp3) is 0.700. The second-order valence-electron chi connectivity index (χ2n) is 4.24. The van der Waals surface area contributed by atoms with Gasteiger partial charge in [-0.05, 0) is 6.42 Å². The largest absolute Gasteiger partial charge is 0.388 e. The van der Waals surface area contributed by atoms with Gasteiger partial charge in [-0.1, -0.05) is 13.3 Å². The first-order chi connectivity index (χ1) is 8.54. The Balaban J connectivity index is 2.26. The Labute approximate surface area is 103 Å². The number of anilines is 1. The molecule has 0 bridgehead atoms. The van der Waals surface area contributed by atoms with Gasteiger partial charge in [0.05, 0.1) is 6.10 Å². The van der Waals surface area contributed by atoms with E-state index in [1.54, 1.807) is 0 Å². The minimum atomic E-state index is -1.19.